The van der Waals surface area contributed by atoms with Crippen molar-refractivity contribution in [2.45, 2.75) is 111 Å². The topological polar surface area (TPSA) is 81.3 Å². The van der Waals surface area contributed by atoms with Crippen molar-refractivity contribution < 1.29 is 19.1 Å². The van der Waals surface area contributed by atoms with Gasteiger partial charge in [0.25, 0.3) is 0 Å². The van der Waals surface area contributed by atoms with Crippen LogP contribution in [0.4, 0.5) is 0 Å². The third-order valence-corrected chi connectivity index (χ3v) is 12.4. The predicted molar refractivity (Wildman–Crippen MR) is 155 cm³/mol. The maximum Gasteiger partial charge on any atom is 0.302 e. The molecule has 0 saturated heterocycles. The van der Waals surface area contributed by atoms with Gasteiger partial charge in [-0.3, -0.25) is 9.59 Å². The second kappa shape index (κ2) is 10.5. The van der Waals surface area contributed by atoms with E-state index >= 15 is 0 Å². The lowest BCUT2D eigenvalue weighted by molar-refractivity contribution is -0.197. The molecule has 1 N–H and O–H groups in total. The molecule has 0 amide bonds. The minimum atomic E-state index is -0.155. The molecule has 6 heteroatoms. The van der Waals surface area contributed by atoms with E-state index in [9.17, 15) is 9.59 Å². The van der Waals surface area contributed by atoms with Crippen LogP contribution >= 0.6 is 0 Å². The van der Waals surface area contributed by atoms with Gasteiger partial charge in [0.05, 0.1) is 11.0 Å². The number of H-pyrrole nitrogens is 1. The Bertz CT molecular complexity index is 1220. The van der Waals surface area contributed by atoms with Crippen LogP contribution in [0, 0.1) is 46.3 Å². The van der Waals surface area contributed by atoms with Crippen molar-refractivity contribution in [1.82, 2.24) is 9.97 Å². The van der Waals surface area contributed by atoms with Crippen molar-refractivity contribution in [1.29, 1.82) is 0 Å². The second-order valence-electron chi connectivity index (χ2n) is 14.3. The Morgan fingerprint density at radius 3 is 2.52 bits per heavy atom. The van der Waals surface area contributed by atoms with Gasteiger partial charge in [0.2, 0.25) is 0 Å². The van der Waals surface area contributed by atoms with E-state index in [1.165, 1.54) is 32.6 Å². The Morgan fingerprint density at radius 1 is 1.00 bits per heavy atom. The molecule has 1 heterocycles. The molecule has 10 atom stereocenters. The van der Waals surface area contributed by atoms with Gasteiger partial charge in [-0.05, 0) is 111 Å². The van der Waals surface area contributed by atoms with Crippen molar-refractivity contribution in [3.05, 3.63) is 30.1 Å². The molecule has 0 unspecified atom stereocenters. The van der Waals surface area contributed by atoms with E-state index in [2.05, 4.69) is 44.0 Å². The van der Waals surface area contributed by atoms with Crippen LogP contribution in [0.5, 0.6) is 0 Å². The van der Waals surface area contributed by atoms with Gasteiger partial charge < -0.3 is 14.5 Å². The standard InChI is InChI=1S/C34H48N2O4/c1-20(10-15-32-35-29-8-6-7-9-30(29)36-32)26-13-14-27-25-12-11-23-18-24(39-21(2)37)16-17-33(23,4)28(25)19-31(34(26,27)5)40-22(3)38/h6-9,20,23-28,31H,10-19H2,1-5H3,(H,35,36)/t20-,23+,24-,25+,26-,27-,28+,31-,33-,34+/m0/s1. The third-order valence-electron chi connectivity index (χ3n) is 12.4. The summed E-state index contributed by atoms with van der Waals surface area (Å²) in [7, 11) is 0. The van der Waals surface area contributed by atoms with Crippen LogP contribution in [-0.4, -0.2) is 34.1 Å². The Kier molecular flexibility index (Phi) is 7.28. The van der Waals surface area contributed by atoms with Gasteiger partial charge in [0, 0.05) is 25.7 Å². The van der Waals surface area contributed by atoms with Gasteiger partial charge in [0.15, 0.2) is 0 Å². The first-order chi connectivity index (χ1) is 19.1. The number of aryl methyl sites for hydroxylation is 1. The monoisotopic (exact) mass is 548 g/mol. The van der Waals surface area contributed by atoms with Gasteiger partial charge in [0.1, 0.15) is 18.0 Å². The molecule has 0 aliphatic heterocycles. The van der Waals surface area contributed by atoms with Crippen molar-refractivity contribution >= 4 is 23.0 Å². The van der Waals surface area contributed by atoms with Crippen LogP contribution in [-0.2, 0) is 25.5 Å². The quantitative estimate of drug-likeness (QED) is 0.384. The number of hydrogen-bond donors (Lipinski definition) is 1. The number of carbonyl (C=O) groups excluding carboxylic acids is 2. The second-order valence-corrected chi connectivity index (χ2v) is 14.3. The zero-order valence-electron chi connectivity index (χ0n) is 25.1. The number of imidazole rings is 1. The molecule has 4 saturated carbocycles. The molecule has 4 aliphatic rings. The number of nitrogens with one attached hydrogen (secondary N) is 1. The molecule has 0 bridgehead atoms. The highest BCUT2D eigenvalue weighted by Crippen LogP contribution is 2.69. The summed E-state index contributed by atoms with van der Waals surface area (Å²) in [6.07, 6.45) is 11.0. The fourth-order valence-corrected chi connectivity index (χ4v) is 10.5. The summed E-state index contributed by atoms with van der Waals surface area (Å²) in [6, 6.07) is 8.26. The molecular weight excluding hydrogens is 500 g/mol. The van der Waals surface area contributed by atoms with Gasteiger partial charge >= 0.3 is 11.9 Å². The molecule has 40 heavy (non-hydrogen) atoms. The summed E-state index contributed by atoms with van der Waals surface area (Å²) in [5.41, 5.74) is 2.39. The molecule has 4 fully saturated rings. The average molecular weight is 549 g/mol. The van der Waals surface area contributed by atoms with Crippen molar-refractivity contribution in [2.24, 2.45) is 46.3 Å². The summed E-state index contributed by atoms with van der Waals surface area (Å²) >= 11 is 0. The smallest absolute Gasteiger partial charge is 0.302 e. The first kappa shape index (κ1) is 27.8. The van der Waals surface area contributed by atoms with Gasteiger partial charge in [-0.2, -0.15) is 0 Å². The van der Waals surface area contributed by atoms with E-state index in [1.54, 1.807) is 6.92 Å². The van der Waals surface area contributed by atoms with Crippen LogP contribution in [0.2, 0.25) is 0 Å². The van der Waals surface area contributed by atoms with Crippen molar-refractivity contribution in [2.75, 3.05) is 0 Å². The lowest BCUT2D eigenvalue weighted by atomic mass is 9.43. The molecule has 218 valence electrons. The molecule has 1 aromatic heterocycles. The highest BCUT2D eigenvalue weighted by atomic mass is 16.5. The van der Waals surface area contributed by atoms with Crippen LogP contribution in [0.1, 0.15) is 98.2 Å². The molecule has 2 aromatic rings. The van der Waals surface area contributed by atoms with E-state index in [0.29, 0.717) is 35.5 Å². The Balaban J connectivity index is 1.22. The number of para-hydroxylation sites is 2. The largest absolute Gasteiger partial charge is 0.463 e. The zero-order valence-corrected chi connectivity index (χ0v) is 25.1. The molecule has 0 spiro atoms. The first-order valence-corrected chi connectivity index (χ1v) is 15.9. The van der Waals surface area contributed by atoms with Crippen LogP contribution in [0.15, 0.2) is 24.3 Å². The molecule has 1 aromatic carbocycles. The molecule has 6 rings (SSSR count). The Hall–Kier alpha value is -2.37. The summed E-state index contributed by atoms with van der Waals surface area (Å²) in [5.74, 6) is 4.28. The maximum absolute atomic E-state index is 12.5. The van der Waals surface area contributed by atoms with Crippen LogP contribution < -0.4 is 0 Å². The number of benzene rings is 1. The number of ether oxygens (including phenoxy) is 2. The number of fused-ring (bicyclic) bond motifs is 6. The lowest BCUT2D eigenvalue weighted by Crippen LogP contribution is -2.59. The number of esters is 2. The highest BCUT2D eigenvalue weighted by molar-refractivity contribution is 5.74. The number of rotatable bonds is 6. The first-order valence-electron chi connectivity index (χ1n) is 15.9. The number of aromatic amines is 1. The number of carbonyl (C=O) groups is 2. The summed E-state index contributed by atoms with van der Waals surface area (Å²) in [4.78, 5) is 32.5. The fraction of sp³-hybridized carbons (Fsp3) is 0.735. The van der Waals surface area contributed by atoms with Crippen LogP contribution in [0.25, 0.3) is 11.0 Å². The molecule has 6 nitrogen and oxygen atoms in total. The van der Waals surface area contributed by atoms with E-state index in [-0.39, 0.29) is 35.0 Å². The van der Waals surface area contributed by atoms with E-state index < -0.39 is 0 Å². The fourth-order valence-electron chi connectivity index (χ4n) is 10.5. The van der Waals surface area contributed by atoms with Gasteiger partial charge in [-0.15, -0.1) is 0 Å². The molecule has 4 aliphatic carbocycles. The average Bonchev–Trinajstić information content (AvgIpc) is 3.49. The summed E-state index contributed by atoms with van der Waals surface area (Å²) < 4.78 is 12.0. The SMILES string of the molecule is CC(=O)O[C@H]1CC[C@@]2(C)[C@H](CC[C@H]3[C@H]2C[C@H](OC(C)=O)[C@@]2(C)[C@H]3CC[C@H]2[C@@H](C)CCc2nc3ccccc3[nH]2)C1. The maximum atomic E-state index is 12.5. The number of nitrogens with zero attached hydrogens (tertiary/aromatic N) is 1. The van der Waals surface area contributed by atoms with Gasteiger partial charge in [-0.25, -0.2) is 4.98 Å². The van der Waals surface area contributed by atoms with E-state index in [1.807, 2.05) is 6.07 Å². The third kappa shape index (κ3) is 4.67. The minimum absolute atomic E-state index is 0.0122. The Morgan fingerprint density at radius 2 is 1.77 bits per heavy atom. The van der Waals surface area contributed by atoms with Crippen LogP contribution in [0.3, 0.4) is 0 Å². The molecule has 0 radical (unpaired) electrons. The normalized spacial score (nSPS) is 39.6. The summed E-state index contributed by atoms with van der Waals surface area (Å²) in [6.45, 7) is 10.5. The molecular formula is C34H48N2O4. The van der Waals surface area contributed by atoms with Crippen molar-refractivity contribution in [3.8, 4) is 0 Å². The zero-order chi connectivity index (χ0) is 28.2. The number of hydrogen-bond acceptors (Lipinski definition) is 5. The minimum Gasteiger partial charge on any atom is -0.463 e. The lowest BCUT2D eigenvalue weighted by Gasteiger charge is -2.62. The number of aromatic nitrogens is 2. The highest BCUT2D eigenvalue weighted by Gasteiger charge is 2.65. The van der Waals surface area contributed by atoms with Gasteiger partial charge in [-0.1, -0.05) is 32.9 Å². The summed E-state index contributed by atoms with van der Waals surface area (Å²) in [5, 5.41) is 0. The van der Waals surface area contributed by atoms with Crippen molar-refractivity contribution in [3.63, 3.8) is 0 Å². The van der Waals surface area contributed by atoms with E-state index in [4.69, 9.17) is 14.5 Å². The Labute approximate surface area is 239 Å². The van der Waals surface area contributed by atoms with E-state index in [0.717, 1.165) is 55.4 Å². The predicted octanol–water partition coefficient (Wildman–Crippen LogP) is 7.26.